The van der Waals surface area contributed by atoms with Gasteiger partial charge in [0.15, 0.2) is 0 Å². The van der Waals surface area contributed by atoms with Gasteiger partial charge in [0.1, 0.15) is 5.75 Å². The van der Waals surface area contributed by atoms with E-state index < -0.39 is 0 Å². The zero-order valence-electron chi connectivity index (χ0n) is 12.7. The maximum absolute atomic E-state index is 5.32. The van der Waals surface area contributed by atoms with Crippen molar-refractivity contribution in [1.29, 1.82) is 0 Å². The molecule has 0 heterocycles. The molecule has 2 rings (SSSR count). The van der Waals surface area contributed by atoms with Crippen molar-refractivity contribution in [3.05, 3.63) is 29.8 Å². The predicted octanol–water partition coefficient (Wildman–Crippen LogP) is 2.89. The highest BCUT2D eigenvalue weighted by Crippen LogP contribution is 2.35. The zero-order chi connectivity index (χ0) is 14.2. The maximum Gasteiger partial charge on any atom is 0.119 e. The molecule has 112 valence electrons. The second-order valence-corrected chi connectivity index (χ2v) is 5.70. The van der Waals surface area contributed by atoms with E-state index in [1.165, 1.54) is 24.8 Å². The van der Waals surface area contributed by atoms with Crippen molar-refractivity contribution in [2.24, 2.45) is 11.8 Å². The third-order valence-electron chi connectivity index (χ3n) is 4.34. The molecule has 1 N–H and O–H groups in total. The van der Waals surface area contributed by atoms with E-state index in [1.807, 2.05) is 6.07 Å². The SMILES string of the molecule is COCCNCC(Cc1cccc(OC)c1)C1CCC1. The fourth-order valence-electron chi connectivity index (χ4n) is 2.88. The number of benzene rings is 1. The van der Waals surface area contributed by atoms with E-state index >= 15 is 0 Å². The molecular weight excluding hydrogens is 250 g/mol. The number of ether oxygens (including phenoxy) is 2. The van der Waals surface area contributed by atoms with Crippen LogP contribution < -0.4 is 10.1 Å². The first-order valence-electron chi connectivity index (χ1n) is 7.66. The summed E-state index contributed by atoms with van der Waals surface area (Å²) in [5.41, 5.74) is 1.38. The fourth-order valence-corrected chi connectivity index (χ4v) is 2.88. The molecule has 0 spiro atoms. The largest absolute Gasteiger partial charge is 0.497 e. The van der Waals surface area contributed by atoms with E-state index in [4.69, 9.17) is 9.47 Å². The average Bonchev–Trinajstić information content (AvgIpc) is 2.42. The Labute approximate surface area is 122 Å². The normalized spacial score (nSPS) is 16.7. The highest BCUT2D eigenvalue weighted by molar-refractivity contribution is 5.28. The minimum absolute atomic E-state index is 0.729. The Morgan fingerprint density at radius 2 is 2.15 bits per heavy atom. The smallest absolute Gasteiger partial charge is 0.119 e. The van der Waals surface area contributed by atoms with E-state index in [2.05, 4.69) is 23.5 Å². The first-order chi connectivity index (χ1) is 9.83. The Morgan fingerprint density at radius 1 is 1.30 bits per heavy atom. The lowest BCUT2D eigenvalue weighted by atomic mass is 9.73. The van der Waals surface area contributed by atoms with Gasteiger partial charge < -0.3 is 14.8 Å². The first kappa shape index (κ1) is 15.3. The van der Waals surface area contributed by atoms with Crippen LogP contribution in [0.3, 0.4) is 0 Å². The molecule has 1 unspecified atom stereocenters. The lowest BCUT2D eigenvalue weighted by Gasteiger charge is -2.34. The fraction of sp³-hybridized carbons (Fsp3) is 0.647. The summed E-state index contributed by atoms with van der Waals surface area (Å²) >= 11 is 0. The highest BCUT2D eigenvalue weighted by atomic mass is 16.5. The molecule has 20 heavy (non-hydrogen) atoms. The van der Waals surface area contributed by atoms with Crippen molar-refractivity contribution in [3.63, 3.8) is 0 Å². The number of nitrogens with one attached hydrogen (secondary N) is 1. The van der Waals surface area contributed by atoms with Gasteiger partial charge in [0.05, 0.1) is 13.7 Å². The van der Waals surface area contributed by atoms with Crippen LogP contribution in [0.2, 0.25) is 0 Å². The third-order valence-corrected chi connectivity index (χ3v) is 4.34. The van der Waals surface area contributed by atoms with Gasteiger partial charge in [0.2, 0.25) is 0 Å². The van der Waals surface area contributed by atoms with Gasteiger partial charge >= 0.3 is 0 Å². The van der Waals surface area contributed by atoms with Gasteiger partial charge in [0, 0.05) is 13.7 Å². The van der Waals surface area contributed by atoms with Crippen molar-refractivity contribution in [3.8, 4) is 5.75 Å². The Morgan fingerprint density at radius 3 is 2.80 bits per heavy atom. The molecule has 1 aliphatic carbocycles. The summed E-state index contributed by atoms with van der Waals surface area (Å²) in [6, 6.07) is 8.48. The number of hydrogen-bond acceptors (Lipinski definition) is 3. The second kappa shape index (κ2) is 8.28. The van der Waals surface area contributed by atoms with Gasteiger partial charge in [0.25, 0.3) is 0 Å². The van der Waals surface area contributed by atoms with Crippen LogP contribution in [0.4, 0.5) is 0 Å². The summed E-state index contributed by atoms with van der Waals surface area (Å²) in [5.74, 6) is 2.58. The topological polar surface area (TPSA) is 30.5 Å². The number of rotatable bonds is 9. The van der Waals surface area contributed by atoms with E-state index in [9.17, 15) is 0 Å². The minimum atomic E-state index is 0.729. The molecule has 0 amide bonds. The summed E-state index contributed by atoms with van der Waals surface area (Å²) in [6.45, 7) is 2.82. The Bertz CT molecular complexity index is 390. The standard InChI is InChI=1S/C17H27NO2/c1-19-10-9-18-13-16(15-6-4-7-15)11-14-5-3-8-17(12-14)20-2/h3,5,8,12,15-16,18H,4,6-7,9-11,13H2,1-2H3. The molecule has 1 aromatic carbocycles. The van der Waals surface area contributed by atoms with Gasteiger partial charge in [-0.05, 0) is 42.5 Å². The minimum Gasteiger partial charge on any atom is -0.497 e. The second-order valence-electron chi connectivity index (χ2n) is 5.70. The van der Waals surface area contributed by atoms with Crippen LogP contribution in [-0.2, 0) is 11.2 Å². The average molecular weight is 277 g/mol. The molecule has 0 aromatic heterocycles. The molecule has 3 heteroatoms. The van der Waals surface area contributed by atoms with Crippen LogP contribution in [-0.4, -0.2) is 33.9 Å². The van der Waals surface area contributed by atoms with Gasteiger partial charge in [-0.25, -0.2) is 0 Å². The molecule has 1 fully saturated rings. The summed E-state index contributed by atoms with van der Waals surface area (Å²) in [6.07, 6.45) is 5.32. The summed E-state index contributed by atoms with van der Waals surface area (Å²) in [7, 11) is 3.48. The Balaban J connectivity index is 1.88. The molecule has 1 saturated carbocycles. The molecule has 1 atom stereocenters. The lowest BCUT2D eigenvalue weighted by Crippen LogP contribution is -2.34. The molecule has 0 bridgehead atoms. The summed E-state index contributed by atoms with van der Waals surface area (Å²) < 4.78 is 10.4. The quantitative estimate of drug-likeness (QED) is 0.704. The van der Waals surface area contributed by atoms with Crippen LogP contribution >= 0.6 is 0 Å². The number of hydrogen-bond donors (Lipinski definition) is 1. The van der Waals surface area contributed by atoms with Crippen molar-refractivity contribution in [1.82, 2.24) is 5.32 Å². The first-order valence-corrected chi connectivity index (χ1v) is 7.66. The van der Waals surface area contributed by atoms with Crippen LogP contribution in [0.25, 0.3) is 0 Å². The van der Waals surface area contributed by atoms with Crippen LogP contribution in [0.15, 0.2) is 24.3 Å². The van der Waals surface area contributed by atoms with Crippen molar-refractivity contribution in [2.45, 2.75) is 25.7 Å². The molecule has 0 saturated heterocycles. The van der Waals surface area contributed by atoms with Crippen molar-refractivity contribution < 1.29 is 9.47 Å². The number of methoxy groups -OCH3 is 2. The van der Waals surface area contributed by atoms with E-state index in [-0.39, 0.29) is 0 Å². The van der Waals surface area contributed by atoms with Crippen molar-refractivity contribution in [2.75, 3.05) is 33.9 Å². The molecule has 0 radical (unpaired) electrons. The van der Waals surface area contributed by atoms with Crippen LogP contribution in [0.5, 0.6) is 5.75 Å². The van der Waals surface area contributed by atoms with Gasteiger partial charge in [-0.1, -0.05) is 31.4 Å². The van der Waals surface area contributed by atoms with E-state index in [0.717, 1.165) is 43.7 Å². The molecule has 3 nitrogen and oxygen atoms in total. The molecule has 1 aliphatic rings. The Kier molecular flexibility index (Phi) is 6.34. The molecule has 0 aliphatic heterocycles. The monoisotopic (exact) mass is 277 g/mol. The van der Waals surface area contributed by atoms with Crippen LogP contribution in [0.1, 0.15) is 24.8 Å². The van der Waals surface area contributed by atoms with E-state index in [1.54, 1.807) is 14.2 Å². The Hall–Kier alpha value is -1.06. The summed E-state index contributed by atoms with van der Waals surface area (Å²) in [5, 5.41) is 3.53. The lowest BCUT2D eigenvalue weighted by molar-refractivity contribution is 0.178. The zero-order valence-corrected chi connectivity index (χ0v) is 12.7. The van der Waals surface area contributed by atoms with E-state index in [0.29, 0.717) is 0 Å². The molecule has 1 aromatic rings. The van der Waals surface area contributed by atoms with Crippen LogP contribution in [0, 0.1) is 11.8 Å². The maximum atomic E-state index is 5.32. The molecular formula is C17H27NO2. The van der Waals surface area contributed by atoms with Crippen molar-refractivity contribution >= 4 is 0 Å². The third kappa shape index (κ3) is 4.50. The van der Waals surface area contributed by atoms with Gasteiger partial charge in [-0.3, -0.25) is 0 Å². The van der Waals surface area contributed by atoms with Gasteiger partial charge in [-0.2, -0.15) is 0 Å². The van der Waals surface area contributed by atoms with Gasteiger partial charge in [-0.15, -0.1) is 0 Å². The highest BCUT2D eigenvalue weighted by Gasteiger charge is 2.27. The summed E-state index contributed by atoms with van der Waals surface area (Å²) in [4.78, 5) is 0. The predicted molar refractivity (Wildman–Crippen MR) is 82.3 cm³/mol.